The van der Waals surface area contributed by atoms with Crippen LogP contribution >= 0.6 is 11.6 Å². The summed E-state index contributed by atoms with van der Waals surface area (Å²) in [5, 5.41) is 4.66. The first-order valence-corrected chi connectivity index (χ1v) is 13.5. The Kier molecular flexibility index (Phi) is 7.66. The van der Waals surface area contributed by atoms with Gasteiger partial charge in [0.25, 0.3) is 0 Å². The maximum absolute atomic E-state index is 14.4. The van der Waals surface area contributed by atoms with Gasteiger partial charge in [-0.05, 0) is 51.1 Å². The van der Waals surface area contributed by atoms with Gasteiger partial charge in [-0.3, -0.25) is 9.59 Å². The number of carbonyl (C=O) groups is 2. The van der Waals surface area contributed by atoms with E-state index in [1.165, 1.54) is 19.2 Å². The van der Waals surface area contributed by atoms with Crippen molar-refractivity contribution in [1.29, 1.82) is 0 Å². The number of aryl methyl sites for hydroxylation is 1. The molecule has 1 saturated heterocycles. The summed E-state index contributed by atoms with van der Waals surface area (Å²) in [6, 6.07) is 5.68. The molecule has 1 aromatic carbocycles. The van der Waals surface area contributed by atoms with E-state index in [-0.39, 0.29) is 24.6 Å². The average molecular weight is 578 g/mol. The molecule has 40 heavy (non-hydrogen) atoms. The van der Waals surface area contributed by atoms with E-state index in [2.05, 4.69) is 10.1 Å². The topological polar surface area (TPSA) is 77.3 Å². The molecule has 1 fully saturated rings. The number of nitrogens with zero attached hydrogens (tertiary/aromatic N) is 7. The predicted octanol–water partition coefficient (Wildman–Crippen LogP) is 3.94. The van der Waals surface area contributed by atoms with E-state index in [1.54, 1.807) is 52.8 Å². The highest BCUT2D eigenvalue weighted by atomic mass is 35.5. The first kappa shape index (κ1) is 28.2. The van der Waals surface area contributed by atoms with Crippen molar-refractivity contribution in [1.82, 2.24) is 29.3 Å². The third-order valence-electron chi connectivity index (χ3n) is 7.52. The summed E-state index contributed by atoms with van der Waals surface area (Å²) in [6.07, 6.45) is -1.03. The van der Waals surface area contributed by atoms with Crippen molar-refractivity contribution in [3.05, 3.63) is 52.9 Å². The molecule has 214 valence electrons. The SMILES string of the molecule is CN(C)CC(=O)N1CC[C@@H](C(=O)N(C)[C@@H](c2ccc(N3CCCc4c3cnc3cc(Cl)nn43)cc2)C(F)(F)F)C1. The van der Waals surface area contributed by atoms with E-state index in [9.17, 15) is 22.8 Å². The average Bonchev–Trinajstić information content (AvgIpc) is 3.54. The van der Waals surface area contributed by atoms with Gasteiger partial charge in [-0.15, -0.1) is 0 Å². The lowest BCUT2D eigenvalue weighted by Gasteiger charge is -2.33. The zero-order valence-corrected chi connectivity index (χ0v) is 23.3. The van der Waals surface area contributed by atoms with Crippen LogP contribution in [0.4, 0.5) is 24.5 Å². The Morgan fingerprint density at radius 1 is 1.15 bits per heavy atom. The number of likely N-dealkylation sites (tertiary alicyclic amines) is 1. The molecule has 4 heterocycles. The van der Waals surface area contributed by atoms with Crippen LogP contribution in [0.1, 0.15) is 30.1 Å². The number of hydrogen-bond acceptors (Lipinski definition) is 6. The van der Waals surface area contributed by atoms with Gasteiger partial charge < -0.3 is 19.6 Å². The highest BCUT2D eigenvalue weighted by molar-refractivity contribution is 6.29. The van der Waals surface area contributed by atoms with Crippen molar-refractivity contribution in [3.63, 3.8) is 0 Å². The molecule has 0 saturated carbocycles. The van der Waals surface area contributed by atoms with Crippen molar-refractivity contribution in [2.45, 2.75) is 31.5 Å². The quantitative estimate of drug-likeness (QED) is 0.442. The number of alkyl halides is 3. The van der Waals surface area contributed by atoms with Crippen LogP contribution in [0.15, 0.2) is 36.5 Å². The molecule has 2 aliphatic heterocycles. The summed E-state index contributed by atoms with van der Waals surface area (Å²) < 4.78 is 44.8. The van der Waals surface area contributed by atoms with Gasteiger partial charge in [0, 0.05) is 38.4 Å². The number of halogens is 4. The summed E-state index contributed by atoms with van der Waals surface area (Å²) in [7, 11) is 4.71. The van der Waals surface area contributed by atoms with Crippen LogP contribution in [0.5, 0.6) is 0 Å². The molecular formula is C27H31ClF3N7O2. The first-order valence-electron chi connectivity index (χ1n) is 13.1. The molecule has 9 nitrogen and oxygen atoms in total. The summed E-state index contributed by atoms with van der Waals surface area (Å²) in [5.41, 5.74) is 3.07. The van der Waals surface area contributed by atoms with Crippen LogP contribution in [0.2, 0.25) is 5.15 Å². The minimum Gasteiger partial charge on any atom is -0.341 e. The fourth-order valence-corrected chi connectivity index (χ4v) is 5.81. The van der Waals surface area contributed by atoms with E-state index < -0.39 is 24.0 Å². The Bertz CT molecular complexity index is 1410. The zero-order chi connectivity index (χ0) is 28.8. The number of hydrogen-bond donors (Lipinski definition) is 0. The van der Waals surface area contributed by atoms with Crippen LogP contribution in [-0.4, -0.2) is 94.6 Å². The fraction of sp³-hybridized carbons (Fsp3) is 0.481. The smallest absolute Gasteiger partial charge is 0.341 e. The molecule has 0 aliphatic carbocycles. The third kappa shape index (κ3) is 5.46. The van der Waals surface area contributed by atoms with E-state index in [1.807, 2.05) is 4.90 Å². The van der Waals surface area contributed by atoms with Crippen molar-refractivity contribution < 1.29 is 22.8 Å². The van der Waals surface area contributed by atoms with Gasteiger partial charge in [0.2, 0.25) is 11.8 Å². The lowest BCUT2D eigenvalue weighted by Crippen LogP contribution is -2.43. The third-order valence-corrected chi connectivity index (χ3v) is 7.71. The van der Waals surface area contributed by atoms with E-state index in [0.717, 1.165) is 29.1 Å². The van der Waals surface area contributed by atoms with Crippen molar-refractivity contribution in [2.75, 3.05) is 52.2 Å². The second-order valence-corrected chi connectivity index (χ2v) is 11.0. The number of aromatic nitrogens is 3. The highest BCUT2D eigenvalue weighted by Gasteiger charge is 2.47. The van der Waals surface area contributed by atoms with Crippen LogP contribution in [0.25, 0.3) is 5.65 Å². The van der Waals surface area contributed by atoms with Crippen molar-refractivity contribution >= 4 is 40.4 Å². The second-order valence-electron chi connectivity index (χ2n) is 10.6. The second kappa shape index (κ2) is 10.9. The first-order chi connectivity index (χ1) is 18.9. The molecule has 0 radical (unpaired) electrons. The Labute approximate surface area is 235 Å². The van der Waals surface area contributed by atoms with Crippen LogP contribution < -0.4 is 4.90 Å². The Balaban J connectivity index is 1.36. The molecule has 0 N–H and O–H groups in total. The number of benzene rings is 1. The van der Waals surface area contributed by atoms with E-state index >= 15 is 0 Å². The van der Waals surface area contributed by atoms with E-state index in [4.69, 9.17) is 11.6 Å². The van der Waals surface area contributed by atoms with Crippen molar-refractivity contribution in [3.8, 4) is 0 Å². The normalized spacial score (nSPS) is 18.4. The van der Waals surface area contributed by atoms with Gasteiger partial charge in [0.1, 0.15) is 0 Å². The predicted molar refractivity (Wildman–Crippen MR) is 145 cm³/mol. The molecule has 2 amide bonds. The highest BCUT2D eigenvalue weighted by Crippen LogP contribution is 2.40. The molecule has 0 unspecified atom stereocenters. The molecular weight excluding hydrogens is 547 g/mol. The van der Waals surface area contributed by atoms with Gasteiger partial charge >= 0.3 is 6.18 Å². The number of carbonyl (C=O) groups excluding carboxylic acids is 2. The van der Waals surface area contributed by atoms with Crippen LogP contribution in [-0.2, 0) is 16.0 Å². The fourth-order valence-electron chi connectivity index (χ4n) is 5.64. The summed E-state index contributed by atoms with van der Waals surface area (Å²) in [6.45, 7) is 1.33. The Morgan fingerprint density at radius 2 is 1.88 bits per heavy atom. The zero-order valence-electron chi connectivity index (χ0n) is 22.5. The van der Waals surface area contributed by atoms with Gasteiger partial charge in [-0.1, -0.05) is 23.7 Å². The molecule has 0 bridgehead atoms. The lowest BCUT2D eigenvalue weighted by atomic mass is 10.0. The molecule has 0 spiro atoms. The molecule has 13 heteroatoms. The minimum atomic E-state index is -4.68. The number of anilines is 2. The maximum atomic E-state index is 14.4. The van der Waals surface area contributed by atoms with Crippen molar-refractivity contribution in [2.24, 2.45) is 5.92 Å². The minimum absolute atomic E-state index is 0.0321. The number of amides is 2. The lowest BCUT2D eigenvalue weighted by molar-refractivity contribution is -0.190. The number of likely N-dealkylation sites (N-methyl/N-ethyl adjacent to an activating group) is 1. The molecule has 3 aromatic rings. The Morgan fingerprint density at radius 3 is 2.55 bits per heavy atom. The van der Waals surface area contributed by atoms with Gasteiger partial charge in [0.05, 0.1) is 30.0 Å². The van der Waals surface area contributed by atoms with Gasteiger partial charge in [0.15, 0.2) is 16.8 Å². The maximum Gasteiger partial charge on any atom is 0.413 e. The molecule has 2 aliphatic rings. The summed E-state index contributed by atoms with van der Waals surface area (Å²) in [4.78, 5) is 36.1. The monoisotopic (exact) mass is 577 g/mol. The standard InChI is InChI=1S/C27H31ClF3N7O2/c1-34(2)16-24(39)36-12-10-18(15-36)26(40)35(3)25(27(29,30)31)17-6-8-19(9-7-17)37-11-4-5-20-21(37)14-32-23-13-22(28)33-38(20)23/h6-9,13-14,18,25H,4-5,10-12,15-16H2,1-3H3/t18-,25+/m1/s1. The molecule has 5 rings (SSSR count). The summed E-state index contributed by atoms with van der Waals surface area (Å²) >= 11 is 6.07. The largest absolute Gasteiger partial charge is 0.413 e. The van der Waals surface area contributed by atoms with Gasteiger partial charge in [-0.2, -0.15) is 18.3 Å². The van der Waals surface area contributed by atoms with Crippen LogP contribution in [0.3, 0.4) is 0 Å². The molecule has 2 aromatic heterocycles. The number of rotatable bonds is 6. The number of fused-ring (bicyclic) bond motifs is 3. The van der Waals surface area contributed by atoms with Gasteiger partial charge in [-0.25, -0.2) is 9.50 Å². The van der Waals surface area contributed by atoms with E-state index in [0.29, 0.717) is 36.0 Å². The summed E-state index contributed by atoms with van der Waals surface area (Å²) in [5.74, 6) is -1.44. The van der Waals surface area contributed by atoms with Crippen LogP contribution in [0, 0.1) is 5.92 Å². The molecule has 2 atom stereocenters. The Hall–Kier alpha value is -3.38.